The molecule has 0 saturated carbocycles. The van der Waals surface area contributed by atoms with Crippen LogP contribution in [0.2, 0.25) is 0 Å². The smallest absolute Gasteiger partial charge is 0.321 e. The van der Waals surface area contributed by atoms with Crippen LogP contribution in [-0.2, 0) is 11.2 Å². The maximum atomic E-state index is 12.9. The van der Waals surface area contributed by atoms with Gasteiger partial charge in [-0.3, -0.25) is 4.90 Å². The molecule has 1 atom stereocenters. The third-order valence-electron chi connectivity index (χ3n) is 5.13. The van der Waals surface area contributed by atoms with Crippen LogP contribution in [0.25, 0.3) is 0 Å². The van der Waals surface area contributed by atoms with Gasteiger partial charge in [0.1, 0.15) is 0 Å². The molecule has 0 aromatic heterocycles. The maximum Gasteiger partial charge on any atom is 0.321 e. The Balaban J connectivity index is 1.75. The van der Waals surface area contributed by atoms with Gasteiger partial charge in [-0.15, -0.1) is 6.58 Å². The number of rotatable bonds is 4. The van der Waals surface area contributed by atoms with Crippen molar-refractivity contribution in [1.29, 1.82) is 0 Å². The van der Waals surface area contributed by atoms with E-state index in [-0.39, 0.29) is 6.03 Å². The molecule has 5 nitrogen and oxygen atoms in total. The largest absolute Gasteiger partial charge is 0.378 e. The van der Waals surface area contributed by atoms with E-state index in [1.54, 1.807) is 0 Å². The fourth-order valence-electron chi connectivity index (χ4n) is 3.70. The van der Waals surface area contributed by atoms with E-state index in [2.05, 4.69) is 48.8 Å². The quantitative estimate of drug-likeness (QED) is 0.855. The van der Waals surface area contributed by atoms with Crippen molar-refractivity contribution in [3.63, 3.8) is 0 Å². The number of carbonyl (C=O) groups is 1. The Morgan fingerprint density at radius 2 is 2.24 bits per heavy atom. The van der Waals surface area contributed by atoms with Crippen molar-refractivity contribution in [1.82, 2.24) is 9.80 Å². The number of hydrogen-bond acceptors (Lipinski definition) is 3. The van der Waals surface area contributed by atoms with Gasteiger partial charge in [-0.1, -0.05) is 38.1 Å². The standard InChI is InChI=1S/C20H29N3O2/c1-4-6-16-7-5-8-18(15(2)3)19(16)21-20(24)23-10-9-22-11-12-25-14-17(22)13-23/h4-5,7-8,15,17H,1,6,9-14H2,2-3H3,(H,21,24)/t17-/m1/s1. The first-order valence-corrected chi connectivity index (χ1v) is 9.20. The minimum atomic E-state index is -0.0105. The summed E-state index contributed by atoms with van der Waals surface area (Å²) in [6, 6.07) is 6.53. The predicted molar refractivity (Wildman–Crippen MR) is 101 cm³/mol. The molecular formula is C20H29N3O2. The molecule has 2 heterocycles. The van der Waals surface area contributed by atoms with Crippen molar-refractivity contribution < 1.29 is 9.53 Å². The number of para-hydroxylation sites is 1. The van der Waals surface area contributed by atoms with E-state index < -0.39 is 0 Å². The average molecular weight is 343 g/mol. The Hall–Kier alpha value is -1.85. The van der Waals surface area contributed by atoms with Crippen LogP contribution in [0.1, 0.15) is 30.9 Å². The van der Waals surface area contributed by atoms with Crippen LogP contribution in [-0.4, -0.2) is 61.3 Å². The Morgan fingerprint density at radius 1 is 1.40 bits per heavy atom. The Bertz CT molecular complexity index is 629. The molecule has 0 bridgehead atoms. The first kappa shape index (κ1) is 18.0. The number of morpholine rings is 1. The lowest BCUT2D eigenvalue weighted by Crippen LogP contribution is -2.59. The number of nitrogens with one attached hydrogen (secondary N) is 1. The van der Waals surface area contributed by atoms with E-state index in [0.29, 0.717) is 18.6 Å². The molecule has 2 amide bonds. The summed E-state index contributed by atoms with van der Waals surface area (Å²) in [5, 5.41) is 3.19. The first-order chi connectivity index (χ1) is 12.1. The van der Waals surface area contributed by atoms with Crippen LogP contribution >= 0.6 is 0 Å². The third-order valence-corrected chi connectivity index (χ3v) is 5.13. The summed E-state index contributed by atoms with van der Waals surface area (Å²) in [6.45, 7) is 13.1. The summed E-state index contributed by atoms with van der Waals surface area (Å²) in [5.41, 5.74) is 3.24. The van der Waals surface area contributed by atoms with Crippen LogP contribution in [0.4, 0.5) is 10.5 Å². The zero-order valence-corrected chi connectivity index (χ0v) is 15.3. The number of fused-ring (bicyclic) bond motifs is 1. The Labute approximate surface area is 150 Å². The van der Waals surface area contributed by atoms with E-state index in [0.717, 1.165) is 50.5 Å². The SMILES string of the molecule is C=CCc1cccc(C(C)C)c1NC(=O)N1CCN2CCOC[C@H]2C1. The predicted octanol–water partition coefficient (Wildman–Crippen LogP) is 3.09. The number of urea groups is 1. The van der Waals surface area contributed by atoms with Crippen LogP contribution in [0.15, 0.2) is 30.9 Å². The molecule has 0 unspecified atom stereocenters. The second kappa shape index (κ2) is 8.02. The third kappa shape index (κ3) is 4.05. The summed E-state index contributed by atoms with van der Waals surface area (Å²) in [7, 11) is 0. The molecule has 2 aliphatic rings. The second-order valence-electron chi connectivity index (χ2n) is 7.17. The molecule has 1 N–H and O–H groups in total. The number of piperazine rings is 1. The fraction of sp³-hybridized carbons (Fsp3) is 0.550. The molecule has 2 fully saturated rings. The van der Waals surface area contributed by atoms with Crippen LogP contribution in [0.3, 0.4) is 0 Å². The van der Waals surface area contributed by atoms with Gasteiger partial charge in [0.2, 0.25) is 0 Å². The number of benzene rings is 1. The highest BCUT2D eigenvalue weighted by molar-refractivity contribution is 5.91. The zero-order chi connectivity index (χ0) is 17.8. The molecule has 2 saturated heterocycles. The highest BCUT2D eigenvalue weighted by atomic mass is 16.5. The van der Waals surface area contributed by atoms with Crippen molar-refractivity contribution in [2.45, 2.75) is 32.2 Å². The maximum absolute atomic E-state index is 12.9. The van der Waals surface area contributed by atoms with E-state index >= 15 is 0 Å². The van der Waals surface area contributed by atoms with Crippen molar-refractivity contribution in [3.8, 4) is 0 Å². The molecule has 0 aliphatic carbocycles. The molecule has 2 aliphatic heterocycles. The van der Waals surface area contributed by atoms with Gasteiger partial charge < -0.3 is 15.0 Å². The van der Waals surface area contributed by atoms with E-state index in [9.17, 15) is 4.79 Å². The normalized spacial score (nSPS) is 21.1. The highest BCUT2D eigenvalue weighted by Crippen LogP contribution is 2.29. The number of amides is 2. The minimum absolute atomic E-state index is 0.0105. The Kier molecular flexibility index (Phi) is 5.76. The van der Waals surface area contributed by atoms with Crippen molar-refractivity contribution in [3.05, 3.63) is 42.0 Å². The number of allylic oxidation sites excluding steroid dienone is 1. The van der Waals surface area contributed by atoms with Gasteiger partial charge in [-0.2, -0.15) is 0 Å². The van der Waals surface area contributed by atoms with E-state index in [1.807, 2.05) is 11.0 Å². The molecule has 0 radical (unpaired) electrons. The van der Waals surface area contributed by atoms with Gasteiger partial charge in [-0.25, -0.2) is 4.79 Å². The Morgan fingerprint density at radius 3 is 3.00 bits per heavy atom. The molecule has 1 aromatic carbocycles. The molecule has 136 valence electrons. The highest BCUT2D eigenvalue weighted by Gasteiger charge is 2.32. The topological polar surface area (TPSA) is 44.8 Å². The second-order valence-corrected chi connectivity index (χ2v) is 7.17. The summed E-state index contributed by atoms with van der Waals surface area (Å²) in [5.74, 6) is 0.351. The van der Waals surface area contributed by atoms with E-state index in [1.165, 1.54) is 5.56 Å². The summed E-state index contributed by atoms with van der Waals surface area (Å²) in [6.07, 6.45) is 2.63. The summed E-state index contributed by atoms with van der Waals surface area (Å²) >= 11 is 0. The molecule has 25 heavy (non-hydrogen) atoms. The van der Waals surface area contributed by atoms with Gasteiger partial charge in [-0.05, 0) is 23.5 Å². The zero-order valence-electron chi connectivity index (χ0n) is 15.3. The molecule has 1 aromatic rings. The van der Waals surface area contributed by atoms with Crippen LogP contribution in [0, 0.1) is 0 Å². The average Bonchev–Trinajstić information content (AvgIpc) is 2.62. The van der Waals surface area contributed by atoms with Gasteiger partial charge in [0, 0.05) is 31.9 Å². The van der Waals surface area contributed by atoms with Gasteiger partial charge >= 0.3 is 6.03 Å². The molecule has 5 heteroatoms. The summed E-state index contributed by atoms with van der Waals surface area (Å²) < 4.78 is 5.58. The lowest BCUT2D eigenvalue weighted by molar-refractivity contribution is -0.0355. The van der Waals surface area contributed by atoms with Crippen molar-refractivity contribution in [2.24, 2.45) is 0 Å². The van der Waals surface area contributed by atoms with Crippen molar-refractivity contribution >= 4 is 11.7 Å². The van der Waals surface area contributed by atoms with Crippen LogP contribution < -0.4 is 5.32 Å². The first-order valence-electron chi connectivity index (χ1n) is 9.20. The fourth-order valence-corrected chi connectivity index (χ4v) is 3.70. The summed E-state index contributed by atoms with van der Waals surface area (Å²) in [4.78, 5) is 17.3. The van der Waals surface area contributed by atoms with Crippen LogP contribution in [0.5, 0.6) is 0 Å². The monoisotopic (exact) mass is 343 g/mol. The van der Waals surface area contributed by atoms with Gasteiger partial charge in [0.05, 0.1) is 19.3 Å². The minimum Gasteiger partial charge on any atom is -0.378 e. The van der Waals surface area contributed by atoms with Crippen molar-refractivity contribution in [2.75, 3.05) is 44.7 Å². The number of carbonyl (C=O) groups excluding carboxylic acids is 1. The number of nitrogens with zero attached hydrogens (tertiary/aromatic N) is 2. The number of anilines is 1. The van der Waals surface area contributed by atoms with Gasteiger partial charge in [0.15, 0.2) is 0 Å². The number of hydrogen-bond donors (Lipinski definition) is 1. The molecule has 0 spiro atoms. The lowest BCUT2D eigenvalue weighted by atomic mass is 9.96. The lowest BCUT2D eigenvalue weighted by Gasteiger charge is -2.43. The number of ether oxygens (including phenoxy) is 1. The van der Waals surface area contributed by atoms with E-state index in [4.69, 9.17) is 4.74 Å². The molecule has 3 rings (SSSR count). The van der Waals surface area contributed by atoms with Gasteiger partial charge in [0.25, 0.3) is 0 Å². The molecular weight excluding hydrogens is 314 g/mol.